The summed E-state index contributed by atoms with van der Waals surface area (Å²) in [5, 5.41) is 7.40. The fourth-order valence-corrected chi connectivity index (χ4v) is 3.09. The summed E-state index contributed by atoms with van der Waals surface area (Å²) in [5.74, 6) is 1.01. The molecule has 1 aliphatic rings. The summed E-state index contributed by atoms with van der Waals surface area (Å²) < 4.78 is 17.6. The number of hydrogen-bond acceptors (Lipinski definition) is 7. The van der Waals surface area contributed by atoms with Crippen molar-refractivity contribution in [3.8, 4) is 0 Å². The van der Waals surface area contributed by atoms with Crippen LogP contribution in [0.3, 0.4) is 0 Å². The molecule has 4 heterocycles. The van der Waals surface area contributed by atoms with E-state index >= 15 is 0 Å². The van der Waals surface area contributed by atoms with Gasteiger partial charge < -0.3 is 20.5 Å². The third-order valence-electron chi connectivity index (χ3n) is 4.51. The Morgan fingerprint density at radius 2 is 2.12 bits per heavy atom. The highest BCUT2D eigenvalue weighted by Gasteiger charge is 2.32. The van der Waals surface area contributed by atoms with Crippen LogP contribution in [0.2, 0.25) is 0 Å². The number of nitrogens with two attached hydrogens (primary N) is 1. The van der Waals surface area contributed by atoms with E-state index in [1.807, 2.05) is 17.8 Å². The molecule has 0 saturated carbocycles. The van der Waals surface area contributed by atoms with Gasteiger partial charge in [-0.2, -0.15) is 15.1 Å². The van der Waals surface area contributed by atoms with Crippen LogP contribution < -0.4 is 16.0 Å². The van der Waals surface area contributed by atoms with Crippen molar-refractivity contribution >= 4 is 28.6 Å². The Balaban J connectivity index is 1.80. The lowest BCUT2D eigenvalue weighted by molar-refractivity contribution is 0.333. The number of fused-ring (bicyclic) bond motifs is 1. The van der Waals surface area contributed by atoms with E-state index in [0.717, 1.165) is 5.69 Å². The summed E-state index contributed by atoms with van der Waals surface area (Å²) in [6, 6.07) is -0.345. The number of alkyl halides is 1. The number of imidazole rings is 1. The number of hydrogen-bond donors (Lipinski definition) is 2. The number of halogens is 1. The fourth-order valence-electron chi connectivity index (χ4n) is 3.09. The number of aryl methyl sites for hydroxylation is 1. The van der Waals surface area contributed by atoms with Crippen LogP contribution in [0.4, 0.5) is 21.8 Å². The van der Waals surface area contributed by atoms with Crippen LogP contribution in [0, 0.1) is 0 Å². The van der Waals surface area contributed by atoms with Gasteiger partial charge in [-0.25, -0.2) is 9.37 Å². The minimum absolute atomic E-state index is 0.184. The van der Waals surface area contributed by atoms with Crippen molar-refractivity contribution in [2.75, 3.05) is 23.3 Å². The lowest BCUT2D eigenvalue weighted by Gasteiger charge is -2.17. The lowest BCUT2D eigenvalue weighted by atomic mass is 10.3. The van der Waals surface area contributed by atoms with E-state index in [4.69, 9.17) is 5.73 Å². The smallest absolute Gasteiger partial charge is 0.229 e. The van der Waals surface area contributed by atoms with Gasteiger partial charge in [0.2, 0.25) is 5.95 Å². The van der Waals surface area contributed by atoms with Crippen LogP contribution in [-0.2, 0) is 7.05 Å². The topological polar surface area (TPSA) is 103 Å². The molecule has 3 aromatic rings. The fraction of sp³-hybridized carbons (Fsp3) is 0.500. The Hall–Kier alpha value is -2.75. The zero-order valence-corrected chi connectivity index (χ0v) is 15.0. The van der Waals surface area contributed by atoms with Gasteiger partial charge in [0, 0.05) is 25.8 Å². The number of anilines is 3. The quantitative estimate of drug-likeness (QED) is 0.725. The minimum Gasteiger partial charge on any atom is -0.336 e. The van der Waals surface area contributed by atoms with E-state index in [-0.39, 0.29) is 12.6 Å². The number of aromatic nitrogens is 6. The highest BCUT2D eigenvalue weighted by Crippen LogP contribution is 2.28. The number of nitrogens with one attached hydrogen (secondary N) is 1. The SMILES string of the molecule is CC(C)n1cnc2c(Nc3cnn(C)c3)nc(N3CC(N)C(F)C3)nc21. The predicted octanol–water partition coefficient (Wildman–Crippen LogP) is 1.37. The zero-order chi connectivity index (χ0) is 18.4. The van der Waals surface area contributed by atoms with Crippen molar-refractivity contribution in [2.45, 2.75) is 32.1 Å². The van der Waals surface area contributed by atoms with Gasteiger partial charge in [-0.1, -0.05) is 0 Å². The molecule has 26 heavy (non-hydrogen) atoms. The molecule has 1 fully saturated rings. The summed E-state index contributed by atoms with van der Waals surface area (Å²) in [6.07, 6.45) is 4.21. The second kappa shape index (κ2) is 6.20. The molecule has 0 spiro atoms. The second-order valence-electron chi connectivity index (χ2n) is 6.90. The maximum atomic E-state index is 13.9. The van der Waals surface area contributed by atoms with E-state index < -0.39 is 12.2 Å². The molecule has 138 valence electrons. The molecule has 1 saturated heterocycles. The molecule has 3 aromatic heterocycles. The molecular formula is C16H22FN9. The van der Waals surface area contributed by atoms with E-state index in [1.54, 1.807) is 22.1 Å². The molecule has 0 aliphatic carbocycles. The standard InChI is InChI=1S/C16H22FN9/c1-9(2)26-8-19-13-14(21-10-4-20-24(3)5-10)22-16(23-15(13)26)25-6-11(17)12(18)7-25/h4-5,8-9,11-12H,6-7,18H2,1-3H3,(H,21,22,23). The largest absolute Gasteiger partial charge is 0.336 e. The van der Waals surface area contributed by atoms with Crippen molar-refractivity contribution < 1.29 is 4.39 Å². The van der Waals surface area contributed by atoms with Crippen molar-refractivity contribution in [1.29, 1.82) is 0 Å². The first kappa shape index (κ1) is 16.7. The van der Waals surface area contributed by atoms with Crippen molar-refractivity contribution in [3.05, 3.63) is 18.7 Å². The Morgan fingerprint density at radius 1 is 1.31 bits per heavy atom. The second-order valence-corrected chi connectivity index (χ2v) is 6.90. The summed E-state index contributed by atoms with van der Waals surface area (Å²) in [6.45, 7) is 4.69. The molecule has 2 unspecified atom stereocenters. The van der Waals surface area contributed by atoms with Gasteiger partial charge >= 0.3 is 0 Å². The molecule has 0 aromatic carbocycles. The molecule has 4 rings (SSSR count). The van der Waals surface area contributed by atoms with E-state index in [0.29, 0.717) is 29.5 Å². The van der Waals surface area contributed by atoms with Crippen LogP contribution in [0.25, 0.3) is 11.2 Å². The third kappa shape index (κ3) is 2.85. The first-order valence-electron chi connectivity index (χ1n) is 8.57. The highest BCUT2D eigenvalue weighted by atomic mass is 19.1. The Labute approximate surface area is 150 Å². The van der Waals surface area contributed by atoms with Gasteiger partial charge in [0.05, 0.1) is 30.8 Å². The van der Waals surface area contributed by atoms with Crippen molar-refractivity contribution in [2.24, 2.45) is 12.8 Å². The van der Waals surface area contributed by atoms with Gasteiger partial charge in [-0.3, -0.25) is 4.68 Å². The van der Waals surface area contributed by atoms with Crippen LogP contribution in [0.5, 0.6) is 0 Å². The van der Waals surface area contributed by atoms with Crippen LogP contribution in [0.1, 0.15) is 19.9 Å². The normalized spacial score (nSPS) is 20.5. The van der Waals surface area contributed by atoms with Gasteiger partial charge in [0.25, 0.3) is 0 Å². The van der Waals surface area contributed by atoms with E-state index in [1.165, 1.54) is 0 Å². The van der Waals surface area contributed by atoms with E-state index in [9.17, 15) is 4.39 Å². The van der Waals surface area contributed by atoms with Crippen LogP contribution in [-0.4, -0.2) is 54.6 Å². The average molecular weight is 359 g/mol. The Kier molecular flexibility index (Phi) is 3.98. The maximum Gasteiger partial charge on any atom is 0.229 e. The van der Waals surface area contributed by atoms with E-state index in [2.05, 4.69) is 39.2 Å². The Morgan fingerprint density at radius 3 is 2.73 bits per heavy atom. The third-order valence-corrected chi connectivity index (χ3v) is 4.51. The van der Waals surface area contributed by atoms with Gasteiger partial charge in [0.1, 0.15) is 6.17 Å². The molecule has 0 amide bonds. The lowest BCUT2D eigenvalue weighted by Crippen LogP contribution is -2.30. The highest BCUT2D eigenvalue weighted by molar-refractivity contribution is 5.86. The van der Waals surface area contributed by atoms with Crippen LogP contribution >= 0.6 is 0 Å². The molecule has 9 nitrogen and oxygen atoms in total. The summed E-state index contributed by atoms with van der Waals surface area (Å²) in [5.41, 5.74) is 7.98. The molecule has 0 radical (unpaired) electrons. The monoisotopic (exact) mass is 359 g/mol. The van der Waals surface area contributed by atoms with Crippen molar-refractivity contribution in [1.82, 2.24) is 29.3 Å². The first-order valence-corrected chi connectivity index (χ1v) is 8.57. The average Bonchev–Trinajstić information content (AvgIpc) is 3.27. The molecule has 10 heteroatoms. The van der Waals surface area contributed by atoms with Gasteiger partial charge in [-0.05, 0) is 13.8 Å². The summed E-state index contributed by atoms with van der Waals surface area (Å²) in [7, 11) is 1.84. The molecule has 3 N–H and O–H groups in total. The maximum absolute atomic E-state index is 13.9. The first-order chi connectivity index (χ1) is 12.4. The summed E-state index contributed by atoms with van der Waals surface area (Å²) in [4.78, 5) is 15.5. The molecule has 0 bridgehead atoms. The summed E-state index contributed by atoms with van der Waals surface area (Å²) >= 11 is 0. The predicted molar refractivity (Wildman–Crippen MR) is 97.3 cm³/mol. The van der Waals surface area contributed by atoms with Crippen molar-refractivity contribution in [3.63, 3.8) is 0 Å². The molecule has 1 aliphatic heterocycles. The van der Waals surface area contributed by atoms with Gasteiger partial charge in [-0.15, -0.1) is 0 Å². The minimum atomic E-state index is -1.08. The molecular weight excluding hydrogens is 337 g/mol. The number of rotatable bonds is 4. The Bertz CT molecular complexity index is 921. The zero-order valence-electron chi connectivity index (χ0n) is 15.0. The van der Waals surface area contributed by atoms with Crippen LogP contribution in [0.15, 0.2) is 18.7 Å². The molecule has 2 atom stereocenters. The van der Waals surface area contributed by atoms with Gasteiger partial charge in [0.15, 0.2) is 17.0 Å². The number of nitrogens with zero attached hydrogens (tertiary/aromatic N) is 7.